The molecule has 0 aliphatic carbocycles. The lowest BCUT2D eigenvalue weighted by atomic mass is 9.99. The number of ether oxygens (including phenoxy) is 1. The Morgan fingerprint density at radius 2 is 2.29 bits per heavy atom. The Hall–Kier alpha value is -0.610. The van der Waals surface area contributed by atoms with Gasteiger partial charge >= 0.3 is 0 Å². The molecule has 0 aromatic rings. The smallest absolute Gasteiger partial charge is 0.227 e. The minimum absolute atomic E-state index is 0.206. The molecule has 0 unspecified atom stereocenters. The molecule has 4 heteroatoms. The summed E-state index contributed by atoms with van der Waals surface area (Å²) in [4.78, 5) is 14.5. The van der Waals surface area contributed by atoms with Crippen molar-refractivity contribution in [1.82, 2.24) is 10.2 Å². The lowest BCUT2D eigenvalue weighted by molar-refractivity contribution is -0.140. The molecule has 17 heavy (non-hydrogen) atoms. The van der Waals surface area contributed by atoms with Crippen molar-refractivity contribution in [3.05, 3.63) is 0 Å². The first-order chi connectivity index (χ1) is 8.33. The van der Waals surface area contributed by atoms with Crippen LogP contribution in [0.2, 0.25) is 0 Å². The van der Waals surface area contributed by atoms with Crippen molar-refractivity contribution in [2.75, 3.05) is 32.8 Å². The molecule has 0 aromatic carbocycles. The van der Waals surface area contributed by atoms with Gasteiger partial charge in [-0.1, -0.05) is 0 Å². The molecule has 2 atom stereocenters. The third-order valence-electron chi connectivity index (χ3n) is 3.83. The van der Waals surface area contributed by atoms with Crippen LogP contribution in [-0.4, -0.2) is 49.7 Å². The van der Waals surface area contributed by atoms with Crippen LogP contribution in [0.3, 0.4) is 0 Å². The zero-order valence-electron chi connectivity index (χ0n) is 10.8. The molecule has 0 saturated carbocycles. The zero-order chi connectivity index (χ0) is 12.1. The van der Waals surface area contributed by atoms with Crippen LogP contribution in [0.15, 0.2) is 0 Å². The van der Waals surface area contributed by atoms with Crippen molar-refractivity contribution in [3.8, 4) is 0 Å². The Balaban J connectivity index is 1.92. The van der Waals surface area contributed by atoms with Crippen molar-refractivity contribution in [2.45, 2.75) is 38.6 Å². The van der Waals surface area contributed by atoms with E-state index in [2.05, 4.69) is 10.2 Å². The fourth-order valence-corrected chi connectivity index (χ4v) is 2.82. The molecule has 1 N–H and O–H groups in total. The van der Waals surface area contributed by atoms with Crippen LogP contribution in [0, 0.1) is 5.92 Å². The molecule has 1 amide bonds. The summed E-state index contributed by atoms with van der Waals surface area (Å²) in [6.45, 7) is 6.23. The number of nitrogens with one attached hydrogen (secondary N) is 1. The molecule has 2 aliphatic heterocycles. The number of amides is 1. The standard InChI is InChI=1S/C13H24N2O2/c1-2-17-10-12-5-3-4-8-15(12)13(16)11-6-7-14-9-11/h11-12,14H,2-10H2,1H3/t11-,12+/m1/s1. The van der Waals surface area contributed by atoms with Gasteiger partial charge in [-0.2, -0.15) is 0 Å². The van der Waals surface area contributed by atoms with E-state index in [0.29, 0.717) is 18.6 Å². The van der Waals surface area contributed by atoms with Crippen molar-refractivity contribution in [1.29, 1.82) is 0 Å². The zero-order valence-corrected chi connectivity index (χ0v) is 10.8. The Morgan fingerprint density at radius 3 is 3.00 bits per heavy atom. The van der Waals surface area contributed by atoms with Crippen LogP contribution < -0.4 is 5.32 Å². The number of nitrogens with zero attached hydrogens (tertiary/aromatic N) is 1. The lowest BCUT2D eigenvalue weighted by Crippen LogP contribution is -2.48. The van der Waals surface area contributed by atoms with Gasteiger partial charge in [-0.3, -0.25) is 4.79 Å². The summed E-state index contributed by atoms with van der Waals surface area (Å²) < 4.78 is 5.51. The number of hydrogen-bond donors (Lipinski definition) is 1. The number of carbonyl (C=O) groups is 1. The maximum absolute atomic E-state index is 12.4. The van der Waals surface area contributed by atoms with Crippen molar-refractivity contribution < 1.29 is 9.53 Å². The highest BCUT2D eigenvalue weighted by Gasteiger charge is 2.32. The fraction of sp³-hybridized carbons (Fsp3) is 0.923. The first kappa shape index (κ1) is 12.8. The lowest BCUT2D eigenvalue weighted by Gasteiger charge is -2.37. The van der Waals surface area contributed by atoms with Crippen molar-refractivity contribution in [3.63, 3.8) is 0 Å². The van der Waals surface area contributed by atoms with Crippen molar-refractivity contribution >= 4 is 5.91 Å². The van der Waals surface area contributed by atoms with Gasteiger partial charge < -0.3 is 15.0 Å². The molecular weight excluding hydrogens is 216 g/mol. The predicted molar refractivity (Wildman–Crippen MR) is 66.8 cm³/mol. The van der Waals surface area contributed by atoms with Crippen LogP contribution >= 0.6 is 0 Å². The van der Waals surface area contributed by atoms with E-state index in [1.54, 1.807) is 0 Å². The highest BCUT2D eigenvalue weighted by atomic mass is 16.5. The summed E-state index contributed by atoms with van der Waals surface area (Å²) in [7, 11) is 0. The number of rotatable bonds is 4. The SMILES string of the molecule is CCOC[C@@H]1CCCCN1C(=O)[C@@H]1CCNC1. The minimum atomic E-state index is 0.206. The molecule has 2 aliphatic rings. The second kappa shape index (κ2) is 6.36. The van der Waals surface area contributed by atoms with E-state index in [0.717, 1.165) is 45.5 Å². The molecule has 0 bridgehead atoms. The van der Waals surface area contributed by atoms with E-state index < -0.39 is 0 Å². The van der Waals surface area contributed by atoms with Crippen LogP contribution in [0.4, 0.5) is 0 Å². The number of likely N-dealkylation sites (tertiary alicyclic amines) is 1. The first-order valence-corrected chi connectivity index (χ1v) is 6.92. The molecular formula is C13H24N2O2. The molecule has 2 saturated heterocycles. The van der Waals surface area contributed by atoms with Gasteiger partial charge in [0, 0.05) is 19.7 Å². The Morgan fingerprint density at radius 1 is 1.41 bits per heavy atom. The van der Waals surface area contributed by atoms with Gasteiger partial charge in [0.15, 0.2) is 0 Å². The number of piperidine rings is 1. The van der Waals surface area contributed by atoms with Gasteiger partial charge in [-0.15, -0.1) is 0 Å². The largest absolute Gasteiger partial charge is 0.380 e. The number of hydrogen-bond acceptors (Lipinski definition) is 3. The molecule has 98 valence electrons. The van der Waals surface area contributed by atoms with Crippen LogP contribution in [0.5, 0.6) is 0 Å². The summed E-state index contributed by atoms with van der Waals surface area (Å²) >= 11 is 0. The summed E-state index contributed by atoms with van der Waals surface area (Å²) in [6.07, 6.45) is 4.47. The topological polar surface area (TPSA) is 41.6 Å². The van der Waals surface area contributed by atoms with Crippen LogP contribution in [-0.2, 0) is 9.53 Å². The van der Waals surface area contributed by atoms with E-state index in [9.17, 15) is 4.79 Å². The third-order valence-corrected chi connectivity index (χ3v) is 3.83. The molecule has 2 heterocycles. The van der Waals surface area contributed by atoms with Crippen LogP contribution in [0.25, 0.3) is 0 Å². The highest BCUT2D eigenvalue weighted by Crippen LogP contribution is 2.21. The summed E-state index contributed by atoms with van der Waals surface area (Å²) in [5, 5.41) is 3.27. The van der Waals surface area contributed by atoms with E-state index in [1.165, 1.54) is 6.42 Å². The van der Waals surface area contributed by atoms with E-state index in [4.69, 9.17) is 4.74 Å². The van der Waals surface area contributed by atoms with E-state index >= 15 is 0 Å². The summed E-state index contributed by atoms with van der Waals surface area (Å²) in [5.41, 5.74) is 0. The second-order valence-electron chi connectivity index (χ2n) is 5.03. The van der Waals surface area contributed by atoms with Crippen LogP contribution in [0.1, 0.15) is 32.6 Å². The van der Waals surface area contributed by atoms with Gasteiger partial charge in [-0.05, 0) is 39.2 Å². The molecule has 0 spiro atoms. The summed E-state index contributed by atoms with van der Waals surface area (Å²) in [6, 6.07) is 0.316. The third kappa shape index (κ3) is 3.19. The van der Waals surface area contributed by atoms with Gasteiger partial charge in [-0.25, -0.2) is 0 Å². The Labute approximate surface area is 104 Å². The Bertz CT molecular complexity index is 252. The molecule has 2 rings (SSSR count). The number of carbonyl (C=O) groups excluding carboxylic acids is 1. The molecule has 2 fully saturated rings. The van der Waals surface area contributed by atoms with Gasteiger partial charge in [0.05, 0.1) is 18.6 Å². The average molecular weight is 240 g/mol. The maximum Gasteiger partial charge on any atom is 0.227 e. The Kier molecular flexibility index (Phi) is 4.80. The first-order valence-electron chi connectivity index (χ1n) is 6.92. The summed E-state index contributed by atoms with van der Waals surface area (Å²) in [5.74, 6) is 0.552. The van der Waals surface area contributed by atoms with Crippen molar-refractivity contribution in [2.24, 2.45) is 5.92 Å². The van der Waals surface area contributed by atoms with E-state index in [1.807, 2.05) is 6.92 Å². The highest BCUT2D eigenvalue weighted by molar-refractivity contribution is 5.79. The maximum atomic E-state index is 12.4. The van der Waals surface area contributed by atoms with E-state index in [-0.39, 0.29) is 5.92 Å². The van der Waals surface area contributed by atoms with Gasteiger partial charge in [0.1, 0.15) is 0 Å². The monoisotopic (exact) mass is 240 g/mol. The molecule has 0 aromatic heterocycles. The average Bonchev–Trinajstić information content (AvgIpc) is 2.89. The van der Waals surface area contributed by atoms with Gasteiger partial charge in [0.25, 0.3) is 0 Å². The quantitative estimate of drug-likeness (QED) is 0.797. The predicted octanol–water partition coefficient (Wildman–Crippen LogP) is 1.01. The molecule has 4 nitrogen and oxygen atoms in total. The normalized spacial score (nSPS) is 29.6. The fourth-order valence-electron chi connectivity index (χ4n) is 2.82. The minimum Gasteiger partial charge on any atom is -0.380 e. The van der Waals surface area contributed by atoms with Gasteiger partial charge in [0.2, 0.25) is 5.91 Å². The second-order valence-corrected chi connectivity index (χ2v) is 5.03. The molecule has 0 radical (unpaired) electrons.